The van der Waals surface area contributed by atoms with Gasteiger partial charge in [-0.25, -0.2) is 14.4 Å². The van der Waals surface area contributed by atoms with Crippen LogP contribution in [0.25, 0.3) is 11.1 Å². The lowest BCUT2D eigenvalue weighted by molar-refractivity contribution is -0.165. The van der Waals surface area contributed by atoms with Gasteiger partial charge in [0, 0.05) is 35.6 Å². The highest BCUT2D eigenvalue weighted by Crippen LogP contribution is 2.59. The van der Waals surface area contributed by atoms with Crippen LogP contribution in [0.15, 0.2) is 53.6 Å². The number of hydrogen-bond donors (Lipinski definition) is 2. The smallest absolute Gasteiger partial charge is 0.380 e. The summed E-state index contributed by atoms with van der Waals surface area (Å²) in [5.41, 5.74) is -0.0726. The van der Waals surface area contributed by atoms with Crippen LogP contribution in [-0.2, 0) is 27.9 Å². The summed E-state index contributed by atoms with van der Waals surface area (Å²) in [6.45, 7) is 4.28. The van der Waals surface area contributed by atoms with Gasteiger partial charge in [-0.05, 0) is 30.0 Å². The van der Waals surface area contributed by atoms with E-state index in [2.05, 4.69) is 37.8 Å². The Balaban J connectivity index is 1.05. The topological polar surface area (TPSA) is 120 Å². The van der Waals surface area contributed by atoms with Crippen LogP contribution in [-0.4, -0.2) is 50.2 Å². The summed E-state index contributed by atoms with van der Waals surface area (Å²) in [6, 6.07) is 5.40. The normalized spacial score (nSPS) is 17.1. The van der Waals surface area contributed by atoms with E-state index >= 15 is 0 Å². The zero-order valence-electron chi connectivity index (χ0n) is 21.8. The molecule has 41 heavy (non-hydrogen) atoms. The van der Waals surface area contributed by atoms with Crippen molar-refractivity contribution in [2.24, 2.45) is 5.41 Å². The Morgan fingerprint density at radius 3 is 2.49 bits per heavy atom. The van der Waals surface area contributed by atoms with E-state index in [1.165, 1.54) is 12.1 Å². The molecule has 0 bridgehead atoms. The van der Waals surface area contributed by atoms with Gasteiger partial charge in [0.05, 0.1) is 38.1 Å². The molecule has 0 radical (unpaired) electrons. The molecule has 0 spiro atoms. The van der Waals surface area contributed by atoms with Crippen LogP contribution in [0.2, 0.25) is 0 Å². The lowest BCUT2D eigenvalue weighted by atomic mass is 9.89. The molecule has 0 unspecified atom stereocenters. The van der Waals surface area contributed by atoms with E-state index in [0.29, 0.717) is 30.3 Å². The van der Waals surface area contributed by atoms with E-state index in [-0.39, 0.29) is 41.8 Å². The molecule has 1 aromatic carbocycles. The number of carbonyl (C=O) groups is 1. The van der Waals surface area contributed by atoms with Gasteiger partial charge in [-0.3, -0.25) is 9.48 Å². The molecule has 1 amide bonds. The summed E-state index contributed by atoms with van der Waals surface area (Å²) in [5, 5.41) is 13.3. The number of ether oxygens (including phenoxy) is 1. The fourth-order valence-corrected chi connectivity index (χ4v) is 4.70. The van der Waals surface area contributed by atoms with E-state index in [1.807, 2.05) is 10.9 Å². The molecule has 2 N–H and O–H groups in total. The Morgan fingerprint density at radius 2 is 1.85 bits per heavy atom. The summed E-state index contributed by atoms with van der Waals surface area (Å²) in [4.78, 5) is 21.0. The molecule has 3 aromatic heterocycles. The van der Waals surface area contributed by atoms with Crippen LogP contribution in [0.5, 0.6) is 0 Å². The van der Waals surface area contributed by atoms with E-state index in [0.717, 1.165) is 18.3 Å². The molecule has 214 valence electrons. The molecule has 1 saturated heterocycles. The maximum Gasteiger partial charge on any atom is 0.401 e. The average molecular weight is 572 g/mol. The first kappa shape index (κ1) is 26.9. The predicted molar refractivity (Wildman–Crippen MR) is 138 cm³/mol. The summed E-state index contributed by atoms with van der Waals surface area (Å²) >= 11 is 0. The maximum atomic E-state index is 14.8. The number of amides is 1. The van der Waals surface area contributed by atoms with Crippen molar-refractivity contribution in [3.8, 4) is 11.1 Å². The zero-order valence-corrected chi connectivity index (χ0v) is 21.8. The van der Waals surface area contributed by atoms with Crippen molar-refractivity contribution in [1.29, 1.82) is 0 Å². The molecule has 10 nitrogen and oxygen atoms in total. The Labute approximate surface area is 231 Å². The van der Waals surface area contributed by atoms with Gasteiger partial charge in [0.1, 0.15) is 11.2 Å². The molecule has 14 heteroatoms. The summed E-state index contributed by atoms with van der Waals surface area (Å²) in [5.74, 6) is -1.43. The lowest BCUT2D eigenvalue weighted by Crippen LogP contribution is -2.43. The van der Waals surface area contributed by atoms with Gasteiger partial charge in [0.25, 0.3) is 0 Å². The van der Waals surface area contributed by atoms with Gasteiger partial charge < -0.3 is 19.9 Å². The number of nitrogens with one attached hydrogen (secondary N) is 2. The van der Waals surface area contributed by atoms with Crippen molar-refractivity contribution in [1.82, 2.24) is 24.9 Å². The Bertz CT molecular complexity index is 1570. The number of rotatable bonds is 9. The molecule has 6 rings (SSSR count). The third-order valence-electron chi connectivity index (χ3n) is 7.27. The first-order valence-corrected chi connectivity index (χ1v) is 12.8. The first-order chi connectivity index (χ1) is 19.5. The number of alkyl halides is 3. The van der Waals surface area contributed by atoms with Gasteiger partial charge in [0.2, 0.25) is 11.9 Å². The van der Waals surface area contributed by atoms with E-state index in [9.17, 15) is 22.4 Å². The monoisotopic (exact) mass is 571 g/mol. The number of hydrogen-bond acceptors (Lipinski definition) is 8. The SMILES string of the molecule is CC1(Cn2cc(Nc3ncc(-c4ccc(CC(=O)Nc5cc(C6(C(F)(F)F)CC6)on5)c(F)c4)cn3)cn2)COC1. The number of halogens is 4. The number of anilines is 3. The molecule has 1 aliphatic carbocycles. The van der Waals surface area contributed by atoms with E-state index < -0.39 is 23.3 Å². The summed E-state index contributed by atoms with van der Waals surface area (Å²) in [6.07, 6.45) is 1.63. The van der Waals surface area contributed by atoms with Gasteiger partial charge >= 0.3 is 6.18 Å². The third-order valence-corrected chi connectivity index (χ3v) is 7.27. The van der Waals surface area contributed by atoms with Crippen LogP contribution in [0.3, 0.4) is 0 Å². The van der Waals surface area contributed by atoms with Crippen molar-refractivity contribution in [3.05, 3.63) is 66.2 Å². The second-order valence-electron chi connectivity index (χ2n) is 10.8. The molecular formula is C27H25F4N7O3. The Morgan fingerprint density at radius 1 is 1.10 bits per heavy atom. The minimum absolute atomic E-state index is 0.0797. The molecule has 1 saturated carbocycles. The molecule has 4 aromatic rings. The standard InChI is InChI=1S/C27H25F4N7O3/c1-25(14-40-15-25)13-38-12-19(11-34-38)35-24-32-9-18(10-33-24)16-2-3-17(20(28)6-16)7-23(39)36-22-8-21(41-37-22)26(4-5-26)27(29,30)31/h2-3,6,8-12H,4-5,7,13-15H2,1H3,(H,32,33,35)(H,36,37,39). The van der Waals surface area contributed by atoms with Crippen LogP contribution >= 0.6 is 0 Å². The molecular weight excluding hydrogens is 546 g/mol. The van der Waals surface area contributed by atoms with Crippen LogP contribution < -0.4 is 10.6 Å². The van der Waals surface area contributed by atoms with Crippen molar-refractivity contribution in [2.45, 2.75) is 44.3 Å². The minimum atomic E-state index is -4.46. The lowest BCUT2D eigenvalue weighted by Gasteiger charge is -2.37. The predicted octanol–water partition coefficient (Wildman–Crippen LogP) is 5.02. The highest BCUT2D eigenvalue weighted by Gasteiger charge is 2.66. The van der Waals surface area contributed by atoms with Crippen molar-refractivity contribution in [2.75, 3.05) is 23.8 Å². The van der Waals surface area contributed by atoms with Gasteiger partial charge in [-0.15, -0.1) is 0 Å². The second kappa shape index (κ2) is 9.94. The van der Waals surface area contributed by atoms with Crippen LogP contribution in [0, 0.1) is 11.2 Å². The fraction of sp³-hybridized carbons (Fsp3) is 0.370. The molecule has 2 fully saturated rings. The van der Waals surface area contributed by atoms with Crippen LogP contribution in [0.4, 0.5) is 35.0 Å². The Kier molecular flexibility index (Phi) is 6.52. The number of nitrogens with zero attached hydrogens (tertiary/aromatic N) is 5. The maximum absolute atomic E-state index is 14.8. The summed E-state index contributed by atoms with van der Waals surface area (Å²) in [7, 11) is 0. The molecule has 2 aliphatic rings. The van der Waals surface area contributed by atoms with E-state index in [4.69, 9.17) is 9.26 Å². The molecule has 1 aliphatic heterocycles. The molecule has 0 atom stereocenters. The highest BCUT2D eigenvalue weighted by molar-refractivity contribution is 5.91. The zero-order chi connectivity index (χ0) is 28.8. The van der Waals surface area contributed by atoms with E-state index in [1.54, 1.807) is 24.7 Å². The van der Waals surface area contributed by atoms with Crippen molar-refractivity contribution < 1.29 is 31.6 Å². The third kappa shape index (κ3) is 5.51. The quantitative estimate of drug-likeness (QED) is 0.269. The number of carbonyl (C=O) groups excluding carboxylic acids is 1. The van der Waals surface area contributed by atoms with Crippen molar-refractivity contribution in [3.63, 3.8) is 0 Å². The average Bonchev–Trinajstić information content (AvgIpc) is 3.43. The molecule has 4 heterocycles. The fourth-order valence-electron chi connectivity index (χ4n) is 4.70. The van der Waals surface area contributed by atoms with Gasteiger partial charge in [0.15, 0.2) is 11.6 Å². The summed E-state index contributed by atoms with van der Waals surface area (Å²) < 4.78 is 66.6. The highest BCUT2D eigenvalue weighted by atomic mass is 19.4. The first-order valence-electron chi connectivity index (χ1n) is 12.8. The van der Waals surface area contributed by atoms with Crippen molar-refractivity contribution >= 4 is 23.4 Å². The largest absolute Gasteiger partial charge is 0.401 e. The van der Waals surface area contributed by atoms with Gasteiger partial charge in [-0.1, -0.05) is 24.2 Å². The number of aromatic nitrogens is 5. The second-order valence-corrected chi connectivity index (χ2v) is 10.8. The number of benzene rings is 1. The minimum Gasteiger partial charge on any atom is -0.380 e. The van der Waals surface area contributed by atoms with Crippen LogP contribution in [0.1, 0.15) is 31.1 Å². The van der Waals surface area contributed by atoms with Gasteiger partial charge in [-0.2, -0.15) is 18.3 Å². The Hall–Kier alpha value is -4.33.